The van der Waals surface area contributed by atoms with E-state index in [9.17, 15) is 0 Å². The van der Waals surface area contributed by atoms with E-state index in [1.54, 1.807) is 0 Å². The SMILES string of the molecule is CCNC(CN1CCC2C(CCCN2C)C1)C(C)CC. The van der Waals surface area contributed by atoms with Gasteiger partial charge in [0, 0.05) is 25.2 Å². The summed E-state index contributed by atoms with van der Waals surface area (Å²) in [7, 11) is 2.33. The molecule has 0 aliphatic carbocycles. The summed E-state index contributed by atoms with van der Waals surface area (Å²) in [6.07, 6.45) is 5.50. The molecule has 2 heterocycles. The number of likely N-dealkylation sites (tertiary alicyclic amines) is 2. The van der Waals surface area contributed by atoms with Crippen LogP contribution in [0.1, 0.15) is 46.5 Å². The maximum Gasteiger partial charge on any atom is 0.0220 e. The Morgan fingerprint density at radius 2 is 2.00 bits per heavy atom. The molecule has 2 fully saturated rings. The van der Waals surface area contributed by atoms with Gasteiger partial charge in [-0.15, -0.1) is 0 Å². The summed E-state index contributed by atoms with van der Waals surface area (Å²) in [4.78, 5) is 5.35. The van der Waals surface area contributed by atoms with Crippen LogP contribution in [0.3, 0.4) is 0 Å². The van der Waals surface area contributed by atoms with Crippen molar-refractivity contribution in [1.82, 2.24) is 15.1 Å². The molecule has 0 spiro atoms. The Kier molecular flexibility index (Phi) is 6.31. The van der Waals surface area contributed by atoms with Gasteiger partial charge in [-0.1, -0.05) is 27.2 Å². The number of hydrogen-bond donors (Lipinski definition) is 1. The molecule has 0 aromatic heterocycles. The van der Waals surface area contributed by atoms with Crippen LogP contribution in [0.15, 0.2) is 0 Å². The molecule has 0 bridgehead atoms. The normalized spacial score (nSPS) is 31.8. The molecule has 4 unspecified atom stereocenters. The second-order valence-electron chi connectivity index (χ2n) is 7.05. The zero-order valence-electron chi connectivity index (χ0n) is 14.1. The van der Waals surface area contributed by atoms with E-state index in [4.69, 9.17) is 0 Å². The van der Waals surface area contributed by atoms with Gasteiger partial charge in [-0.3, -0.25) is 0 Å². The minimum Gasteiger partial charge on any atom is -0.313 e. The van der Waals surface area contributed by atoms with Gasteiger partial charge in [-0.05, 0) is 57.8 Å². The van der Waals surface area contributed by atoms with E-state index in [1.807, 2.05) is 0 Å². The monoisotopic (exact) mass is 281 g/mol. The number of fused-ring (bicyclic) bond motifs is 1. The van der Waals surface area contributed by atoms with E-state index in [-0.39, 0.29) is 0 Å². The average molecular weight is 281 g/mol. The minimum absolute atomic E-state index is 0.669. The number of nitrogens with zero attached hydrogens (tertiary/aromatic N) is 2. The predicted octanol–water partition coefficient (Wildman–Crippen LogP) is 2.43. The summed E-state index contributed by atoms with van der Waals surface area (Å²) >= 11 is 0. The van der Waals surface area contributed by atoms with Crippen LogP contribution in [-0.4, -0.2) is 61.7 Å². The zero-order chi connectivity index (χ0) is 14.5. The lowest BCUT2D eigenvalue weighted by molar-refractivity contribution is 0.0322. The van der Waals surface area contributed by atoms with E-state index >= 15 is 0 Å². The molecule has 2 aliphatic rings. The molecule has 0 amide bonds. The van der Waals surface area contributed by atoms with Crippen LogP contribution in [0, 0.1) is 11.8 Å². The van der Waals surface area contributed by atoms with Gasteiger partial charge < -0.3 is 15.1 Å². The predicted molar refractivity (Wildman–Crippen MR) is 87.1 cm³/mol. The first-order valence-corrected chi connectivity index (χ1v) is 8.81. The van der Waals surface area contributed by atoms with Crippen LogP contribution in [0.5, 0.6) is 0 Å². The second kappa shape index (κ2) is 7.77. The van der Waals surface area contributed by atoms with Gasteiger partial charge in [0.15, 0.2) is 0 Å². The van der Waals surface area contributed by atoms with E-state index < -0.39 is 0 Å². The summed E-state index contributed by atoms with van der Waals surface area (Å²) in [5.41, 5.74) is 0. The Hall–Kier alpha value is -0.120. The Morgan fingerprint density at radius 3 is 2.70 bits per heavy atom. The average Bonchev–Trinajstić information content (AvgIpc) is 2.46. The number of likely N-dealkylation sites (N-methyl/N-ethyl adjacent to an activating group) is 1. The van der Waals surface area contributed by atoms with Crippen molar-refractivity contribution in [3.63, 3.8) is 0 Å². The first-order valence-electron chi connectivity index (χ1n) is 8.81. The van der Waals surface area contributed by atoms with E-state index in [1.165, 1.54) is 51.9 Å². The molecule has 0 radical (unpaired) electrons. The Morgan fingerprint density at radius 1 is 1.20 bits per heavy atom. The fourth-order valence-electron chi connectivity index (χ4n) is 4.16. The van der Waals surface area contributed by atoms with Crippen LogP contribution in [0.25, 0.3) is 0 Å². The van der Waals surface area contributed by atoms with Crippen molar-refractivity contribution in [2.24, 2.45) is 11.8 Å². The molecule has 20 heavy (non-hydrogen) atoms. The number of nitrogens with one attached hydrogen (secondary N) is 1. The molecular formula is C17H35N3. The van der Waals surface area contributed by atoms with Gasteiger partial charge in [0.1, 0.15) is 0 Å². The van der Waals surface area contributed by atoms with Crippen molar-refractivity contribution < 1.29 is 0 Å². The smallest absolute Gasteiger partial charge is 0.0220 e. The molecule has 0 aromatic carbocycles. The van der Waals surface area contributed by atoms with Crippen molar-refractivity contribution in [2.45, 2.75) is 58.5 Å². The quantitative estimate of drug-likeness (QED) is 0.807. The Bertz CT molecular complexity index is 281. The summed E-state index contributed by atoms with van der Waals surface area (Å²) in [6, 6.07) is 1.53. The molecule has 118 valence electrons. The zero-order valence-corrected chi connectivity index (χ0v) is 14.1. The lowest BCUT2D eigenvalue weighted by Gasteiger charge is -2.47. The first kappa shape index (κ1) is 16.3. The van der Waals surface area contributed by atoms with E-state index in [0.29, 0.717) is 6.04 Å². The van der Waals surface area contributed by atoms with Gasteiger partial charge in [0.05, 0.1) is 0 Å². The molecule has 3 nitrogen and oxygen atoms in total. The van der Waals surface area contributed by atoms with Gasteiger partial charge in [0.25, 0.3) is 0 Å². The molecular weight excluding hydrogens is 246 g/mol. The van der Waals surface area contributed by atoms with Crippen molar-refractivity contribution in [3.05, 3.63) is 0 Å². The van der Waals surface area contributed by atoms with Gasteiger partial charge in [-0.25, -0.2) is 0 Å². The van der Waals surface area contributed by atoms with Gasteiger partial charge in [-0.2, -0.15) is 0 Å². The van der Waals surface area contributed by atoms with Crippen LogP contribution >= 0.6 is 0 Å². The lowest BCUT2D eigenvalue weighted by Crippen LogP contribution is -2.55. The van der Waals surface area contributed by atoms with E-state index in [0.717, 1.165) is 24.4 Å². The number of rotatable bonds is 6. The number of piperidine rings is 2. The van der Waals surface area contributed by atoms with Crippen LogP contribution < -0.4 is 5.32 Å². The molecule has 3 heteroatoms. The van der Waals surface area contributed by atoms with E-state index in [2.05, 4.69) is 42.9 Å². The molecule has 4 atom stereocenters. The van der Waals surface area contributed by atoms with Crippen molar-refractivity contribution in [3.8, 4) is 0 Å². The summed E-state index contributed by atoms with van der Waals surface area (Å²) in [5.74, 6) is 1.70. The fourth-order valence-corrected chi connectivity index (χ4v) is 4.16. The van der Waals surface area contributed by atoms with Crippen molar-refractivity contribution in [1.29, 1.82) is 0 Å². The highest BCUT2D eigenvalue weighted by molar-refractivity contribution is 4.90. The standard InChI is InChI=1S/C17H35N3/c1-5-14(3)16(18-6-2)13-20-11-9-17-15(12-20)8-7-10-19(17)4/h14-18H,5-13H2,1-4H3. The maximum absolute atomic E-state index is 3.71. The van der Waals surface area contributed by atoms with Gasteiger partial charge in [0.2, 0.25) is 0 Å². The van der Waals surface area contributed by atoms with Crippen molar-refractivity contribution in [2.75, 3.05) is 39.8 Å². The molecule has 2 rings (SSSR count). The van der Waals surface area contributed by atoms with Crippen molar-refractivity contribution >= 4 is 0 Å². The minimum atomic E-state index is 0.669. The van der Waals surface area contributed by atoms with Crippen LogP contribution in [0.2, 0.25) is 0 Å². The number of hydrogen-bond acceptors (Lipinski definition) is 3. The largest absolute Gasteiger partial charge is 0.313 e. The van der Waals surface area contributed by atoms with Crippen LogP contribution in [0.4, 0.5) is 0 Å². The Balaban J connectivity index is 1.87. The maximum atomic E-state index is 3.71. The lowest BCUT2D eigenvalue weighted by atomic mass is 9.84. The third-order valence-corrected chi connectivity index (χ3v) is 5.68. The third-order valence-electron chi connectivity index (χ3n) is 5.68. The third kappa shape index (κ3) is 3.96. The molecule has 2 saturated heterocycles. The topological polar surface area (TPSA) is 18.5 Å². The highest BCUT2D eigenvalue weighted by atomic mass is 15.2. The summed E-state index contributed by atoms with van der Waals surface area (Å²) in [6.45, 7) is 13.2. The Labute approximate surface area is 126 Å². The van der Waals surface area contributed by atoms with Gasteiger partial charge >= 0.3 is 0 Å². The molecule has 0 saturated carbocycles. The summed E-state index contributed by atoms with van der Waals surface area (Å²) < 4.78 is 0. The van der Waals surface area contributed by atoms with Crippen LogP contribution in [-0.2, 0) is 0 Å². The molecule has 2 aliphatic heterocycles. The highest BCUT2D eigenvalue weighted by Gasteiger charge is 2.34. The second-order valence-corrected chi connectivity index (χ2v) is 7.05. The summed E-state index contributed by atoms with van der Waals surface area (Å²) in [5, 5.41) is 3.71. The highest BCUT2D eigenvalue weighted by Crippen LogP contribution is 2.29. The first-order chi connectivity index (χ1) is 9.65. The molecule has 1 N–H and O–H groups in total. The fraction of sp³-hybridized carbons (Fsp3) is 1.00. The molecule has 0 aromatic rings.